The van der Waals surface area contributed by atoms with Gasteiger partial charge in [0.2, 0.25) is 0 Å². The molecule has 6 atom stereocenters. The van der Waals surface area contributed by atoms with E-state index in [9.17, 15) is 43.2 Å². The Bertz CT molecular complexity index is 1910. The molecular weight excluding hydrogens is 1290 g/mol. The summed E-state index contributed by atoms with van der Waals surface area (Å²) in [6, 6.07) is 0. The quantitative estimate of drug-likeness (QED) is 0.0222. The molecule has 3 unspecified atom stereocenters. The number of carbonyl (C=O) groups is 4. The third kappa shape index (κ3) is 72.8. The van der Waals surface area contributed by atoms with Crippen molar-refractivity contribution < 1.29 is 80.2 Å². The first-order valence-electron chi connectivity index (χ1n) is 41.5. The van der Waals surface area contributed by atoms with Crippen LogP contribution in [-0.2, 0) is 65.4 Å². The van der Waals surface area contributed by atoms with Gasteiger partial charge in [0.1, 0.15) is 19.3 Å². The Morgan fingerprint density at radius 2 is 0.515 bits per heavy atom. The molecule has 17 nitrogen and oxygen atoms in total. The van der Waals surface area contributed by atoms with Gasteiger partial charge in [-0.3, -0.25) is 37.3 Å². The van der Waals surface area contributed by atoms with Crippen molar-refractivity contribution in [2.45, 2.75) is 439 Å². The number of rotatable bonds is 79. The van der Waals surface area contributed by atoms with Crippen LogP contribution < -0.4 is 0 Å². The maximum atomic E-state index is 13.1. The molecule has 0 bridgehead atoms. The van der Waals surface area contributed by atoms with Crippen molar-refractivity contribution in [2.75, 3.05) is 39.6 Å². The van der Waals surface area contributed by atoms with E-state index in [-0.39, 0.29) is 25.7 Å². The zero-order chi connectivity index (χ0) is 72.8. The van der Waals surface area contributed by atoms with Gasteiger partial charge in [0.05, 0.1) is 26.4 Å². The van der Waals surface area contributed by atoms with Crippen molar-refractivity contribution >= 4 is 39.5 Å². The number of carbonyl (C=O) groups excluding carboxylic acids is 4. The van der Waals surface area contributed by atoms with Crippen LogP contribution in [0.5, 0.6) is 0 Å². The molecule has 0 saturated heterocycles. The summed E-state index contributed by atoms with van der Waals surface area (Å²) in [7, 11) is -9.92. The van der Waals surface area contributed by atoms with Gasteiger partial charge < -0.3 is 33.8 Å². The molecule has 0 spiro atoms. The Balaban J connectivity index is 5.23. The molecule has 0 heterocycles. The summed E-state index contributed by atoms with van der Waals surface area (Å²) >= 11 is 0. The highest BCUT2D eigenvalue weighted by atomic mass is 31.2. The number of phosphoric ester groups is 2. The second-order valence-corrected chi connectivity index (χ2v) is 32.4. The lowest BCUT2D eigenvalue weighted by molar-refractivity contribution is -0.161. The van der Waals surface area contributed by atoms with Crippen LogP contribution in [-0.4, -0.2) is 96.7 Å². The molecule has 0 aliphatic heterocycles. The summed E-state index contributed by atoms with van der Waals surface area (Å²) in [5.74, 6) is -0.615. The molecule has 0 rings (SSSR count). The molecule has 0 saturated carbocycles. The summed E-state index contributed by atoms with van der Waals surface area (Å²) < 4.78 is 68.7. The van der Waals surface area contributed by atoms with Crippen molar-refractivity contribution in [3.63, 3.8) is 0 Å². The van der Waals surface area contributed by atoms with Crippen LogP contribution in [0.3, 0.4) is 0 Å². The van der Waals surface area contributed by atoms with Gasteiger partial charge in [-0.1, -0.05) is 369 Å². The maximum Gasteiger partial charge on any atom is 0.472 e. The minimum atomic E-state index is -4.96. The SMILES string of the molecule is CCCCCCCCCCCCCCCCCCCCCCC(=O)O[C@H](COC(=O)CCCCCCCCCCCCCCCCC)COP(=O)(O)OC[C@@H](O)COP(=O)(O)OC[C@@H](COC(=O)CCCCCCCCC(C)CC)OC(=O)CCCCCCCCCCCCCC(C)C. The summed E-state index contributed by atoms with van der Waals surface area (Å²) in [5, 5.41) is 10.6. The van der Waals surface area contributed by atoms with E-state index in [4.69, 9.17) is 37.0 Å². The van der Waals surface area contributed by atoms with Gasteiger partial charge in [0.25, 0.3) is 0 Å². The van der Waals surface area contributed by atoms with E-state index >= 15 is 0 Å². The Labute approximate surface area is 607 Å². The number of aliphatic hydroxyl groups excluding tert-OH is 1. The highest BCUT2D eigenvalue weighted by Crippen LogP contribution is 2.45. The summed E-state index contributed by atoms with van der Waals surface area (Å²) in [5.41, 5.74) is 0. The second kappa shape index (κ2) is 71.7. The molecule has 0 aromatic heterocycles. The highest BCUT2D eigenvalue weighted by molar-refractivity contribution is 7.47. The molecule has 0 radical (unpaired) electrons. The molecule has 99 heavy (non-hydrogen) atoms. The second-order valence-electron chi connectivity index (χ2n) is 29.5. The molecule has 0 fully saturated rings. The fourth-order valence-electron chi connectivity index (χ4n) is 12.3. The highest BCUT2D eigenvalue weighted by Gasteiger charge is 2.30. The monoisotopic (exact) mass is 1450 g/mol. The summed E-state index contributed by atoms with van der Waals surface area (Å²) in [6.45, 7) is 9.59. The maximum absolute atomic E-state index is 13.1. The third-order valence-corrected chi connectivity index (χ3v) is 21.0. The van der Waals surface area contributed by atoms with Gasteiger partial charge in [-0.15, -0.1) is 0 Å². The lowest BCUT2D eigenvalue weighted by Crippen LogP contribution is -2.30. The lowest BCUT2D eigenvalue weighted by Gasteiger charge is -2.21. The minimum Gasteiger partial charge on any atom is -0.462 e. The molecule has 0 aliphatic carbocycles. The van der Waals surface area contributed by atoms with Gasteiger partial charge in [-0.2, -0.15) is 0 Å². The number of unbranched alkanes of at least 4 members (excludes halogenated alkanes) is 48. The van der Waals surface area contributed by atoms with Crippen molar-refractivity contribution in [2.24, 2.45) is 11.8 Å². The van der Waals surface area contributed by atoms with E-state index in [0.29, 0.717) is 25.7 Å². The molecule has 0 aliphatic rings. The topological polar surface area (TPSA) is 237 Å². The van der Waals surface area contributed by atoms with Gasteiger partial charge in [-0.25, -0.2) is 9.13 Å². The molecule has 0 aromatic carbocycles. The number of ether oxygens (including phenoxy) is 4. The first-order valence-corrected chi connectivity index (χ1v) is 44.5. The van der Waals surface area contributed by atoms with Crippen molar-refractivity contribution in [1.82, 2.24) is 0 Å². The average Bonchev–Trinajstić information content (AvgIpc) is 0.956. The van der Waals surface area contributed by atoms with Crippen LogP contribution in [0.1, 0.15) is 420 Å². The normalized spacial score (nSPS) is 14.2. The molecule has 0 aromatic rings. The van der Waals surface area contributed by atoms with Crippen LogP contribution in [0, 0.1) is 11.8 Å². The van der Waals surface area contributed by atoms with E-state index in [1.54, 1.807) is 0 Å². The Hall–Kier alpha value is -1.94. The van der Waals surface area contributed by atoms with Crippen LogP contribution in [0.2, 0.25) is 0 Å². The van der Waals surface area contributed by atoms with Crippen molar-refractivity contribution in [3.05, 3.63) is 0 Å². The first kappa shape index (κ1) is 97.1. The fourth-order valence-corrected chi connectivity index (χ4v) is 13.9. The standard InChI is InChI=1S/C80H156O17P2/c1-7-10-12-14-16-18-20-22-24-25-26-27-28-30-32-36-40-44-52-58-64-79(84)96-75(68-90-77(82)62-56-50-43-39-35-31-29-23-21-19-17-15-13-11-8-2)70-94-98(86,87)92-66-74(81)67-93-99(88,89)95-71-76(69-91-78(83)63-57-51-47-46-49-55-61-73(6)9-3)97-80(85)65-59-53-45-41-37-33-34-38-42-48-54-60-72(4)5/h72-76,81H,7-71H2,1-6H3,(H,86,87)(H,88,89)/t73?,74-,75-,76-/m1/s1. The zero-order valence-corrected chi connectivity index (χ0v) is 66.6. The van der Waals surface area contributed by atoms with Gasteiger partial charge in [0, 0.05) is 25.7 Å². The van der Waals surface area contributed by atoms with Crippen LogP contribution >= 0.6 is 15.6 Å². The predicted molar refractivity (Wildman–Crippen MR) is 405 cm³/mol. The third-order valence-electron chi connectivity index (χ3n) is 19.1. The fraction of sp³-hybridized carbons (Fsp3) is 0.950. The van der Waals surface area contributed by atoms with E-state index in [1.807, 2.05) is 0 Å². The van der Waals surface area contributed by atoms with Crippen LogP contribution in [0.25, 0.3) is 0 Å². The number of esters is 4. The van der Waals surface area contributed by atoms with Gasteiger partial charge in [0.15, 0.2) is 12.2 Å². The van der Waals surface area contributed by atoms with Gasteiger partial charge in [-0.05, 0) is 37.5 Å². The van der Waals surface area contributed by atoms with E-state index in [2.05, 4.69) is 41.5 Å². The predicted octanol–water partition coefficient (Wildman–Crippen LogP) is 23.9. The number of aliphatic hydroxyl groups is 1. The molecule has 19 heteroatoms. The van der Waals surface area contributed by atoms with E-state index in [1.165, 1.54) is 231 Å². The smallest absolute Gasteiger partial charge is 0.462 e. The first-order chi connectivity index (χ1) is 47.9. The molecular formula is C80H156O17P2. The number of hydrogen-bond acceptors (Lipinski definition) is 15. The average molecular weight is 1450 g/mol. The minimum absolute atomic E-state index is 0.106. The number of hydrogen-bond donors (Lipinski definition) is 3. The largest absolute Gasteiger partial charge is 0.472 e. The molecule has 0 amide bonds. The van der Waals surface area contributed by atoms with E-state index < -0.39 is 97.5 Å². The zero-order valence-electron chi connectivity index (χ0n) is 64.8. The Kier molecular flexibility index (Phi) is 70.3. The van der Waals surface area contributed by atoms with Crippen LogP contribution in [0.15, 0.2) is 0 Å². The molecule has 3 N–H and O–H groups in total. The Morgan fingerprint density at radius 3 is 0.768 bits per heavy atom. The molecule has 588 valence electrons. The number of phosphoric acid groups is 2. The van der Waals surface area contributed by atoms with E-state index in [0.717, 1.165) is 108 Å². The summed E-state index contributed by atoms with van der Waals surface area (Å²) in [6.07, 6.45) is 61.1. The lowest BCUT2D eigenvalue weighted by atomic mass is 10.00. The van der Waals surface area contributed by atoms with Crippen LogP contribution in [0.4, 0.5) is 0 Å². The summed E-state index contributed by atoms with van der Waals surface area (Å²) in [4.78, 5) is 73.0. The Morgan fingerprint density at radius 1 is 0.293 bits per heavy atom. The van der Waals surface area contributed by atoms with Gasteiger partial charge >= 0.3 is 39.5 Å². The van der Waals surface area contributed by atoms with Crippen molar-refractivity contribution in [1.29, 1.82) is 0 Å². The van der Waals surface area contributed by atoms with Crippen molar-refractivity contribution in [3.8, 4) is 0 Å².